The molecule has 0 radical (unpaired) electrons. The van der Waals surface area contributed by atoms with Crippen LogP contribution in [-0.4, -0.2) is 34.8 Å². The Kier molecular flexibility index (Phi) is 4.76. The normalized spacial score (nSPS) is 15.7. The van der Waals surface area contributed by atoms with Gasteiger partial charge in [-0.15, -0.1) is 0 Å². The second-order valence-electron chi connectivity index (χ2n) is 5.95. The number of aromatic amines is 2. The molecular weight excluding hydrogens is 354 g/mol. The number of phenolic OH excluding ortho intramolecular Hbond substituents is 1. The van der Waals surface area contributed by atoms with Gasteiger partial charge in [-0.25, -0.2) is 9.59 Å². The third-order valence-electron chi connectivity index (χ3n) is 4.31. The zero-order chi connectivity index (χ0) is 19.7. The molecule has 3 rings (SSSR count). The summed E-state index contributed by atoms with van der Waals surface area (Å²) in [7, 11) is 1.40. The molecule has 0 spiro atoms. The summed E-state index contributed by atoms with van der Waals surface area (Å²) < 4.78 is 10.3. The number of rotatable bonds is 4. The van der Waals surface area contributed by atoms with Gasteiger partial charge in [0.1, 0.15) is 5.82 Å². The van der Waals surface area contributed by atoms with E-state index in [9.17, 15) is 19.5 Å². The average Bonchev–Trinajstić information content (AvgIpc) is 2.60. The number of carbonyl (C=O) groups excluding carboxylic acids is 1. The summed E-state index contributed by atoms with van der Waals surface area (Å²) in [4.78, 5) is 41.6. The number of aromatic nitrogens is 2. The number of hydrogen-bond acceptors (Lipinski definition) is 7. The van der Waals surface area contributed by atoms with Crippen molar-refractivity contribution in [2.75, 3.05) is 19.0 Å². The fraction of sp³-hybridized carbons (Fsp3) is 0.278. The van der Waals surface area contributed by atoms with Gasteiger partial charge in [0.2, 0.25) is 0 Å². The lowest BCUT2D eigenvalue weighted by Gasteiger charge is -2.28. The van der Waals surface area contributed by atoms with Crippen molar-refractivity contribution >= 4 is 11.8 Å². The van der Waals surface area contributed by atoms with Gasteiger partial charge in [0.25, 0.3) is 5.56 Å². The third kappa shape index (κ3) is 3.19. The number of allylic oxidation sites excluding steroid dienone is 1. The van der Waals surface area contributed by atoms with Gasteiger partial charge in [0.15, 0.2) is 11.5 Å². The van der Waals surface area contributed by atoms with Crippen molar-refractivity contribution in [2.45, 2.75) is 19.8 Å². The van der Waals surface area contributed by atoms with Crippen molar-refractivity contribution in [2.24, 2.45) is 0 Å². The number of esters is 1. The number of phenols is 1. The van der Waals surface area contributed by atoms with E-state index in [1.165, 1.54) is 19.2 Å². The van der Waals surface area contributed by atoms with Gasteiger partial charge >= 0.3 is 11.7 Å². The summed E-state index contributed by atoms with van der Waals surface area (Å²) in [6.45, 7) is 3.50. The Morgan fingerprint density at radius 2 is 2.00 bits per heavy atom. The quantitative estimate of drug-likeness (QED) is 0.591. The minimum Gasteiger partial charge on any atom is -0.504 e. The maximum atomic E-state index is 12.6. The Hall–Kier alpha value is -3.49. The van der Waals surface area contributed by atoms with Crippen LogP contribution in [0.5, 0.6) is 11.5 Å². The Morgan fingerprint density at radius 3 is 2.67 bits per heavy atom. The highest BCUT2D eigenvalue weighted by molar-refractivity contribution is 5.94. The van der Waals surface area contributed by atoms with Gasteiger partial charge in [0, 0.05) is 5.70 Å². The Labute approximate surface area is 153 Å². The molecule has 1 aliphatic heterocycles. The largest absolute Gasteiger partial charge is 0.504 e. The number of hydrogen-bond donors (Lipinski definition) is 4. The number of methoxy groups -OCH3 is 1. The highest BCUT2D eigenvalue weighted by atomic mass is 16.5. The molecule has 9 nitrogen and oxygen atoms in total. The molecule has 0 aliphatic carbocycles. The number of nitrogens with one attached hydrogen (secondary N) is 3. The van der Waals surface area contributed by atoms with E-state index in [1.807, 2.05) is 0 Å². The Morgan fingerprint density at radius 1 is 1.26 bits per heavy atom. The number of H-pyrrole nitrogens is 2. The standard InChI is InChI=1S/C18H19N3O6/c1-4-27-17(24)12-8(2)19-15-14(16(23)21-18(25)20-15)13(12)9-5-6-10(22)11(7-9)26-3/h5-7,13,22H,4H2,1-3H3,(H3,19,20,21,23,25)/t13-/m0/s1. The lowest BCUT2D eigenvalue weighted by atomic mass is 9.82. The molecule has 9 heteroatoms. The molecule has 0 saturated heterocycles. The summed E-state index contributed by atoms with van der Waals surface area (Å²) >= 11 is 0. The van der Waals surface area contributed by atoms with E-state index in [0.29, 0.717) is 11.3 Å². The molecule has 2 heterocycles. The van der Waals surface area contributed by atoms with E-state index in [4.69, 9.17) is 9.47 Å². The SMILES string of the molecule is CCOC(=O)C1=C(C)Nc2[nH]c(=O)[nH]c(=O)c2[C@H]1c1ccc(O)c(OC)c1. The first-order valence-electron chi connectivity index (χ1n) is 8.25. The lowest BCUT2D eigenvalue weighted by molar-refractivity contribution is -0.138. The average molecular weight is 373 g/mol. The van der Waals surface area contributed by atoms with Crippen LogP contribution in [0.3, 0.4) is 0 Å². The van der Waals surface area contributed by atoms with Crippen molar-refractivity contribution in [1.82, 2.24) is 9.97 Å². The zero-order valence-electron chi connectivity index (χ0n) is 15.0. The van der Waals surface area contributed by atoms with Crippen molar-refractivity contribution in [3.8, 4) is 11.5 Å². The maximum Gasteiger partial charge on any atom is 0.336 e. The van der Waals surface area contributed by atoms with Crippen LogP contribution < -0.4 is 21.3 Å². The fourth-order valence-corrected chi connectivity index (χ4v) is 3.17. The summed E-state index contributed by atoms with van der Waals surface area (Å²) in [6, 6.07) is 4.52. The summed E-state index contributed by atoms with van der Waals surface area (Å²) in [6.07, 6.45) is 0. The number of aromatic hydroxyl groups is 1. The molecule has 1 aromatic carbocycles. The van der Waals surface area contributed by atoms with Crippen LogP contribution in [0.2, 0.25) is 0 Å². The molecule has 27 heavy (non-hydrogen) atoms. The molecule has 4 N–H and O–H groups in total. The summed E-state index contributed by atoms with van der Waals surface area (Å²) in [5, 5.41) is 12.8. The number of benzene rings is 1. The molecule has 0 amide bonds. The smallest absolute Gasteiger partial charge is 0.336 e. The molecule has 1 atom stereocenters. The van der Waals surface area contributed by atoms with Crippen molar-refractivity contribution < 1.29 is 19.4 Å². The van der Waals surface area contributed by atoms with Crippen LogP contribution in [0, 0.1) is 0 Å². The first kappa shape index (κ1) is 18.3. The zero-order valence-corrected chi connectivity index (χ0v) is 15.0. The van der Waals surface area contributed by atoms with E-state index in [1.54, 1.807) is 19.9 Å². The Balaban J connectivity index is 2.30. The second kappa shape index (κ2) is 7.02. The van der Waals surface area contributed by atoms with E-state index in [2.05, 4.69) is 15.3 Å². The molecule has 142 valence electrons. The van der Waals surface area contributed by atoms with E-state index in [-0.39, 0.29) is 35.1 Å². The molecular formula is C18H19N3O6. The fourth-order valence-electron chi connectivity index (χ4n) is 3.17. The van der Waals surface area contributed by atoms with Gasteiger partial charge in [-0.3, -0.25) is 14.8 Å². The van der Waals surface area contributed by atoms with Crippen molar-refractivity contribution in [3.63, 3.8) is 0 Å². The van der Waals surface area contributed by atoms with Crippen LogP contribution in [0.4, 0.5) is 5.82 Å². The van der Waals surface area contributed by atoms with Gasteiger partial charge in [-0.05, 0) is 31.5 Å². The molecule has 1 aromatic heterocycles. The maximum absolute atomic E-state index is 12.6. The van der Waals surface area contributed by atoms with E-state index < -0.39 is 23.1 Å². The predicted octanol–water partition coefficient (Wildman–Crippen LogP) is 1.17. The molecule has 0 saturated carbocycles. The minimum atomic E-state index is -0.824. The van der Waals surface area contributed by atoms with Crippen LogP contribution in [0.25, 0.3) is 0 Å². The Bertz CT molecular complexity index is 1050. The van der Waals surface area contributed by atoms with Crippen molar-refractivity contribution in [3.05, 3.63) is 61.4 Å². The molecule has 0 unspecified atom stereocenters. The molecule has 0 fully saturated rings. The highest BCUT2D eigenvalue weighted by Gasteiger charge is 2.36. The van der Waals surface area contributed by atoms with Gasteiger partial charge < -0.3 is 19.9 Å². The van der Waals surface area contributed by atoms with E-state index >= 15 is 0 Å². The number of fused-ring (bicyclic) bond motifs is 1. The van der Waals surface area contributed by atoms with Crippen LogP contribution in [-0.2, 0) is 9.53 Å². The summed E-state index contributed by atoms with van der Waals surface area (Å²) in [5.41, 5.74) is 0.0606. The third-order valence-corrected chi connectivity index (χ3v) is 4.31. The second-order valence-corrected chi connectivity index (χ2v) is 5.95. The number of ether oxygens (including phenoxy) is 2. The molecule has 2 aromatic rings. The monoisotopic (exact) mass is 373 g/mol. The number of anilines is 1. The van der Waals surface area contributed by atoms with Crippen molar-refractivity contribution in [1.29, 1.82) is 0 Å². The van der Waals surface area contributed by atoms with Gasteiger partial charge in [-0.2, -0.15) is 0 Å². The van der Waals surface area contributed by atoms with Crippen LogP contribution in [0.1, 0.15) is 30.9 Å². The predicted molar refractivity (Wildman–Crippen MR) is 97.1 cm³/mol. The first-order valence-corrected chi connectivity index (χ1v) is 8.25. The first-order chi connectivity index (χ1) is 12.9. The van der Waals surface area contributed by atoms with Crippen LogP contribution >= 0.6 is 0 Å². The van der Waals surface area contributed by atoms with E-state index in [0.717, 1.165) is 0 Å². The minimum absolute atomic E-state index is 0.0795. The topological polar surface area (TPSA) is 134 Å². The highest BCUT2D eigenvalue weighted by Crippen LogP contribution is 2.41. The lowest BCUT2D eigenvalue weighted by Crippen LogP contribution is -2.35. The number of carbonyl (C=O) groups is 1. The van der Waals surface area contributed by atoms with Gasteiger partial charge in [0.05, 0.1) is 30.8 Å². The van der Waals surface area contributed by atoms with Gasteiger partial charge in [-0.1, -0.05) is 6.07 Å². The molecule has 0 bridgehead atoms. The molecule has 1 aliphatic rings. The van der Waals surface area contributed by atoms with Crippen LogP contribution in [0.15, 0.2) is 39.1 Å². The summed E-state index contributed by atoms with van der Waals surface area (Å²) in [5.74, 6) is -1.10.